The molecular formula is C6H10OS. The minimum Gasteiger partial charge on any atom is -0.300 e. The van der Waals surface area contributed by atoms with Crippen LogP contribution in [0.4, 0.5) is 0 Å². The predicted molar refractivity (Wildman–Crippen MR) is 36.2 cm³/mol. The average Bonchev–Trinajstić information content (AvgIpc) is 1.77. The number of hydrogen-bond acceptors (Lipinski definition) is 2. The van der Waals surface area contributed by atoms with Crippen molar-refractivity contribution in [1.82, 2.24) is 0 Å². The standard InChI is InChI=1S/C6H10OS/c7-5-1-3-6(8)4-2-5/h6,8H,1-4H2. The summed E-state index contributed by atoms with van der Waals surface area (Å²) in [5.41, 5.74) is 0. The molecule has 0 aromatic carbocycles. The molecule has 0 saturated heterocycles. The van der Waals surface area contributed by atoms with Crippen LogP contribution in [-0.4, -0.2) is 11.0 Å². The topological polar surface area (TPSA) is 17.1 Å². The van der Waals surface area contributed by atoms with Crippen LogP contribution in [0.3, 0.4) is 0 Å². The highest BCUT2D eigenvalue weighted by atomic mass is 32.1. The zero-order valence-corrected chi connectivity index (χ0v) is 5.66. The second-order valence-electron chi connectivity index (χ2n) is 2.27. The number of carbonyl (C=O) groups is 1. The first-order valence-corrected chi connectivity index (χ1v) is 3.50. The van der Waals surface area contributed by atoms with Crippen molar-refractivity contribution in [2.75, 3.05) is 0 Å². The molecule has 0 amide bonds. The summed E-state index contributed by atoms with van der Waals surface area (Å²) < 4.78 is 0. The van der Waals surface area contributed by atoms with Crippen LogP contribution in [0.1, 0.15) is 25.7 Å². The van der Waals surface area contributed by atoms with E-state index >= 15 is 0 Å². The Bertz CT molecular complexity index is 90.7. The van der Waals surface area contributed by atoms with Crippen LogP contribution in [0.15, 0.2) is 0 Å². The molecule has 0 aliphatic heterocycles. The molecule has 1 rings (SSSR count). The molecule has 0 bridgehead atoms. The van der Waals surface area contributed by atoms with Gasteiger partial charge in [0.25, 0.3) is 0 Å². The molecule has 46 valence electrons. The van der Waals surface area contributed by atoms with Gasteiger partial charge in [0.2, 0.25) is 0 Å². The summed E-state index contributed by atoms with van der Waals surface area (Å²) in [6.07, 6.45) is 3.49. The Labute approximate surface area is 54.9 Å². The Morgan fingerprint density at radius 2 is 1.88 bits per heavy atom. The first kappa shape index (κ1) is 6.14. The molecule has 1 nitrogen and oxygen atoms in total. The highest BCUT2D eigenvalue weighted by Gasteiger charge is 2.14. The molecule has 1 fully saturated rings. The van der Waals surface area contributed by atoms with Crippen molar-refractivity contribution < 1.29 is 4.79 Å². The highest BCUT2D eigenvalue weighted by molar-refractivity contribution is 7.80. The van der Waals surface area contributed by atoms with Gasteiger partial charge in [-0.3, -0.25) is 4.79 Å². The number of carbonyl (C=O) groups excluding carboxylic acids is 1. The van der Waals surface area contributed by atoms with Gasteiger partial charge in [-0.1, -0.05) is 0 Å². The monoisotopic (exact) mass is 130 g/mol. The van der Waals surface area contributed by atoms with Crippen LogP contribution in [0.5, 0.6) is 0 Å². The zero-order valence-electron chi connectivity index (χ0n) is 4.76. The molecule has 0 aromatic heterocycles. The first-order chi connectivity index (χ1) is 3.79. The van der Waals surface area contributed by atoms with Crippen LogP contribution in [0, 0.1) is 0 Å². The maximum absolute atomic E-state index is 10.6. The van der Waals surface area contributed by atoms with Crippen LogP contribution >= 0.6 is 12.6 Å². The van der Waals surface area contributed by atoms with Crippen molar-refractivity contribution in [3.8, 4) is 0 Å². The summed E-state index contributed by atoms with van der Waals surface area (Å²) in [5, 5.41) is 0.493. The second-order valence-corrected chi connectivity index (χ2v) is 3.00. The summed E-state index contributed by atoms with van der Waals surface area (Å²) in [4.78, 5) is 10.6. The predicted octanol–water partition coefficient (Wildman–Crippen LogP) is 1.43. The molecule has 0 heterocycles. The van der Waals surface area contributed by atoms with Gasteiger partial charge >= 0.3 is 0 Å². The van der Waals surface area contributed by atoms with Gasteiger partial charge in [-0.2, -0.15) is 12.6 Å². The van der Waals surface area contributed by atoms with Gasteiger partial charge in [-0.25, -0.2) is 0 Å². The molecule has 0 spiro atoms. The van der Waals surface area contributed by atoms with Gasteiger partial charge in [0, 0.05) is 18.1 Å². The van der Waals surface area contributed by atoms with E-state index in [-0.39, 0.29) is 0 Å². The number of Topliss-reactive ketones (excluding diaryl/α,β-unsaturated/α-hetero) is 1. The fourth-order valence-corrected chi connectivity index (χ4v) is 1.18. The van der Waals surface area contributed by atoms with Crippen molar-refractivity contribution in [1.29, 1.82) is 0 Å². The van der Waals surface area contributed by atoms with E-state index in [2.05, 4.69) is 12.6 Å². The SMILES string of the molecule is O=C1CCC(S)CC1. The molecule has 0 aromatic rings. The maximum atomic E-state index is 10.6. The number of hydrogen-bond donors (Lipinski definition) is 1. The number of ketones is 1. The maximum Gasteiger partial charge on any atom is 0.132 e. The fraction of sp³-hybridized carbons (Fsp3) is 0.833. The van der Waals surface area contributed by atoms with Gasteiger partial charge in [-0.15, -0.1) is 0 Å². The van der Waals surface area contributed by atoms with Gasteiger partial charge in [0.15, 0.2) is 0 Å². The van der Waals surface area contributed by atoms with Gasteiger partial charge in [0.1, 0.15) is 5.78 Å². The Morgan fingerprint density at radius 1 is 1.38 bits per heavy atom. The van der Waals surface area contributed by atoms with Crippen molar-refractivity contribution in [2.45, 2.75) is 30.9 Å². The Kier molecular flexibility index (Phi) is 1.95. The third-order valence-corrected chi connectivity index (χ3v) is 2.03. The van der Waals surface area contributed by atoms with E-state index in [1.54, 1.807) is 0 Å². The average molecular weight is 130 g/mol. The molecule has 1 aliphatic carbocycles. The Balaban J connectivity index is 2.29. The van der Waals surface area contributed by atoms with E-state index in [1.807, 2.05) is 0 Å². The van der Waals surface area contributed by atoms with Crippen LogP contribution < -0.4 is 0 Å². The normalized spacial score (nSPS) is 23.9. The summed E-state index contributed by atoms with van der Waals surface area (Å²) in [5.74, 6) is 0.412. The number of thiol groups is 1. The third-order valence-electron chi connectivity index (χ3n) is 1.51. The minimum absolute atomic E-state index is 0.412. The summed E-state index contributed by atoms with van der Waals surface area (Å²) in [6.45, 7) is 0. The molecule has 2 heteroatoms. The minimum atomic E-state index is 0.412. The van der Waals surface area contributed by atoms with Crippen molar-refractivity contribution in [2.24, 2.45) is 0 Å². The first-order valence-electron chi connectivity index (χ1n) is 2.99. The van der Waals surface area contributed by atoms with E-state index < -0.39 is 0 Å². The van der Waals surface area contributed by atoms with Gasteiger partial charge in [-0.05, 0) is 12.8 Å². The van der Waals surface area contributed by atoms with E-state index in [9.17, 15) is 4.79 Å². The van der Waals surface area contributed by atoms with Crippen LogP contribution in [-0.2, 0) is 4.79 Å². The number of rotatable bonds is 0. The summed E-state index contributed by atoms with van der Waals surface area (Å²) >= 11 is 4.25. The lowest BCUT2D eigenvalue weighted by molar-refractivity contribution is -0.120. The van der Waals surface area contributed by atoms with Gasteiger partial charge in [0.05, 0.1) is 0 Å². The molecule has 0 radical (unpaired) electrons. The van der Waals surface area contributed by atoms with Crippen molar-refractivity contribution in [3.63, 3.8) is 0 Å². The fourth-order valence-electron chi connectivity index (χ4n) is 0.925. The molecule has 1 aliphatic rings. The van der Waals surface area contributed by atoms with Gasteiger partial charge < -0.3 is 0 Å². The van der Waals surface area contributed by atoms with Crippen molar-refractivity contribution in [3.05, 3.63) is 0 Å². The molecule has 0 unspecified atom stereocenters. The van der Waals surface area contributed by atoms with Crippen molar-refractivity contribution >= 4 is 18.4 Å². The third kappa shape index (κ3) is 1.51. The zero-order chi connectivity index (χ0) is 5.98. The Hall–Kier alpha value is 0.0200. The van der Waals surface area contributed by atoms with Crippen LogP contribution in [0.2, 0.25) is 0 Å². The highest BCUT2D eigenvalue weighted by Crippen LogP contribution is 2.18. The lowest BCUT2D eigenvalue weighted by atomic mass is 9.99. The lowest BCUT2D eigenvalue weighted by Gasteiger charge is -2.14. The summed E-state index contributed by atoms with van der Waals surface area (Å²) in [7, 11) is 0. The van der Waals surface area contributed by atoms with E-state index in [0.29, 0.717) is 11.0 Å². The largest absolute Gasteiger partial charge is 0.300 e. The molecule has 1 saturated carbocycles. The summed E-state index contributed by atoms with van der Waals surface area (Å²) in [6, 6.07) is 0. The second kappa shape index (κ2) is 2.53. The van der Waals surface area contributed by atoms with Crippen LogP contribution in [0.25, 0.3) is 0 Å². The smallest absolute Gasteiger partial charge is 0.132 e. The molecule has 8 heavy (non-hydrogen) atoms. The quantitative estimate of drug-likeness (QED) is 0.491. The Morgan fingerprint density at radius 3 is 2.25 bits per heavy atom. The van der Waals surface area contributed by atoms with E-state index in [0.717, 1.165) is 25.7 Å². The molecule has 0 N–H and O–H groups in total. The molecular weight excluding hydrogens is 120 g/mol. The van der Waals surface area contributed by atoms with E-state index in [1.165, 1.54) is 0 Å². The lowest BCUT2D eigenvalue weighted by Crippen LogP contribution is -2.12. The molecule has 0 atom stereocenters. The van der Waals surface area contributed by atoms with E-state index in [4.69, 9.17) is 0 Å².